The lowest BCUT2D eigenvalue weighted by Gasteiger charge is -2.11. The maximum Gasteiger partial charge on any atom is 0.160 e. The third-order valence-corrected chi connectivity index (χ3v) is 3.63. The SMILES string of the molecule is CSCCc1nc(-c2ccc(N(C)C)nc2)n(CCO)n1. The third kappa shape index (κ3) is 3.95. The Morgan fingerprint density at radius 3 is 2.71 bits per heavy atom. The Balaban J connectivity index is 2.29. The van der Waals surface area contributed by atoms with E-state index in [0.717, 1.165) is 35.2 Å². The highest BCUT2D eigenvalue weighted by Gasteiger charge is 2.12. The first-order chi connectivity index (χ1) is 10.2. The molecule has 0 saturated carbocycles. The van der Waals surface area contributed by atoms with Crippen LogP contribution in [0.3, 0.4) is 0 Å². The first-order valence-electron chi connectivity index (χ1n) is 6.83. The summed E-state index contributed by atoms with van der Waals surface area (Å²) >= 11 is 1.77. The number of anilines is 1. The average molecular weight is 307 g/mol. The van der Waals surface area contributed by atoms with E-state index in [2.05, 4.69) is 21.3 Å². The van der Waals surface area contributed by atoms with E-state index in [9.17, 15) is 5.11 Å². The van der Waals surface area contributed by atoms with E-state index >= 15 is 0 Å². The molecule has 0 radical (unpaired) electrons. The Bertz CT molecular complexity index is 567. The highest BCUT2D eigenvalue weighted by atomic mass is 32.2. The zero-order valence-corrected chi connectivity index (χ0v) is 13.5. The lowest BCUT2D eigenvalue weighted by Crippen LogP contribution is -2.10. The Hall–Kier alpha value is -1.60. The molecular formula is C14H21N5OS. The molecule has 0 spiro atoms. The molecule has 0 aliphatic carbocycles. The monoisotopic (exact) mass is 307 g/mol. The van der Waals surface area contributed by atoms with Crippen LogP contribution in [-0.2, 0) is 13.0 Å². The maximum atomic E-state index is 9.18. The number of rotatable bonds is 7. The van der Waals surface area contributed by atoms with Crippen molar-refractivity contribution in [2.45, 2.75) is 13.0 Å². The predicted molar refractivity (Wildman–Crippen MR) is 86.8 cm³/mol. The van der Waals surface area contributed by atoms with Crippen LogP contribution in [-0.4, -0.2) is 57.6 Å². The molecule has 0 bridgehead atoms. The second-order valence-electron chi connectivity index (χ2n) is 4.84. The molecule has 6 nitrogen and oxygen atoms in total. The molecule has 0 fully saturated rings. The third-order valence-electron chi connectivity index (χ3n) is 3.02. The van der Waals surface area contributed by atoms with Crippen LogP contribution in [0.2, 0.25) is 0 Å². The van der Waals surface area contributed by atoms with Crippen LogP contribution >= 0.6 is 11.8 Å². The summed E-state index contributed by atoms with van der Waals surface area (Å²) in [7, 11) is 3.91. The van der Waals surface area contributed by atoms with Gasteiger partial charge in [-0.05, 0) is 18.4 Å². The number of pyridine rings is 1. The molecule has 2 aromatic rings. The van der Waals surface area contributed by atoms with Crippen molar-refractivity contribution in [1.29, 1.82) is 0 Å². The lowest BCUT2D eigenvalue weighted by molar-refractivity contribution is 0.270. The van der Waals surface area contributed by atoms with Crippen molar-refractivity contribution in [2.24, 2.45) is 0 Å². The second-order valence-corrected chi connectivity index (χ2v) is 5.83. The zero-order chi connectivity index (χ0) is 15.2. The number of aryl methyl sites for hydroxylation is 1. The van der Waals surface area contributed by atoms with Gasteiger partial charge in [0.25, 0.3) is 0 Å². The van der Waals surface area contributed by atoms with Gasteiger partial charge in [-0.15, -0.1) is 0 Å². The Morgan fingerprint density at radius 2 is 2.14 bits per heavy atom. The number of aromatic nitrogens is 4. The quantitative estimate of drug-likeness (QED) is 0.832. The lowest BCUT2D eigenvalue weighted by atomic mass is 10.2. The first-order valence-corrected chi connectivity index (χ1v) is 8.22. The summed E-state index contributed by atoms with van der Waals surface area (Å²) in [6, 6.07) is 3.94. The van der Waals surface area contributed by atoms with Crippen molar-refractivity contribution in [1.82, 2.24) is 19.7 Å². The molecule has 21 heavy (non-hydrogen) atoms. The molecule has 0 atom stereocenters. The van der Waals surface area contributed by atoms with Crippen LogP contribution in [0.1, 0.15) is 5.82 Å². The van der Waals surface area contributed by atoms with Crippen LogP contribution in [0.25, 0.3) is 11.4 Å². The summed E-state index contributed by atoms with van der Waals surface area (Å²) in [5, 5.41) is 13.6. The molecule has 1 N–H and O–H groups in total. The summed E-state index contributed by atoms with van der Waals surface area (Å²) in [5.41, 5.74) is 0.914. The van der Waals surface area contributed by atoms with Crippen molar-refractivity contribution in [3.63, 3.8) is 0 Å². The van der Waals surface area contributed by atoms with Crippen molar-refractivity contribution in [3.8, 4) is 11.4 Å². The van der Waals surface area contributed by atoms with E-state index in [-0.39, 0.29) is 6.61 Å². The van der Waals surface area contributed by atoms with Crippen LogP contribution < -0.4 is 4.90 Å². The fourth-order valence-electron chi connectivity index (χ4n) is 1.94. The molecule has 0 unspecified atom stereocenters. The Labute approximate surface area is 129 Å². The van der Waals surface area contributed by atoms with Crippen LogP contribution in [0.15, 0.2) is 18.3 Å². The Kier molecular flexibility index (Phi) is 5.58. The normalized spacial score (nSPS) is 10.9. The maximum absolute atomic E-state index is 9.18. The molecule has 0 aliphatic heterocycles. The zero-order valence-electron chi connectivity index (χ0n) is 12.7. The number of thioether (sulfide) groups is 1. The highest BCUT2D eigenvalue weighted by Crippen LogP contribution is 2.19. The largest absolute Gasteiger partial charge is 0.394 e. The molecule has 114 valence electrons. The summed E-state index contributed by atoms with van der Waals surface area (Å²) in [6.45, 7) is 0.485. The summed E-state index contributed by atoms with van der Waals surface area (Å²) in [4.78, 5) is 10.9. The number of aliphatic hydroxyl groups is 1. The fourth-order valence-corrected chi connectivity index (χ4v) is 2.32. The molecule has 2 heterocycles. The van der Waals surface area contributed by atoms with Crippen molar-refractivity contribution in [2.75, 3.05) is 37.6 Å². The molecule has 2 aromatic heterocycles. The van der Waals surface area contributed by atoms with E-state index in [1.54, 1.807) is 22.6 Å². The molecule has 0 saturated heterocycles. The minimum absolute atomic E-state index is 0.0432. The molecule has 2 rings (SSSR count). The van der Waals surface area contributed by atoms with Crippen LogP contribution in [0.5, 0.6) is 0 Å². The summed E-state index contributed by atoms with van der Waals surface area (Å²) in [6.07, 6.45) is 4.69. The van der Waals surface area contributed by atoms with Gasteiger partial charge in [-0.1, -0.05) is 0 Å². The second kappa shape index (κ2) is 7.42. The van der Waals surface area contributed by atoms with Crippen molar-refractivity contribution < 1.29 is 5.11 Å². The standard InChI is InChI=1S/C14H21N5OS/c1-18(2)13-5-4-11(10-15-13)14-16-12(6-9-21-3)17-19(14)7-8-20/h4-5,10,20H,6-9H2,1-3H3. The molecule has 0 amide bonds. The molecular weight excluding hydrogens is 286 g/mol. The minimum atomic E-state index is 0.0432. The molecule has 0 aliphatic rings. The topological polar surface area (TPSA) is 67.1 Å². The molecule has 0 aromatic carbocycles. The predicted octanol–water partition coefficient (Wildman–Crippen LogP) is 1.30. The highest BCUT2D eigenvalue weighted by molar-refractivity contribution is 7.98. The van der Waals surface area contributed by atoms with Gasteiger partial charge < -0.3 is 10.0 Å². The van der Waals surface area contributed by atoms with Gasteiger partial charge in [0.2, 0.25) is 0 Å². The van der Waals surface area contributed by atoms with Gasteiger partial charge in [0.15, 0.2) is 11.6 Å². The van der Waals surface area contributed by atoms with Gasteiger partial charge in [-0.3, -0.25) is 0 Å². The van der Waals surface area contributed by atoms with E-state index < -0.39 is 0 Å². The van der Waals surface area contributed by atoms with E-state index in [1.807, 2.05) is 31.1 Å². The number of hydrogen-bond acceptors (Lipinski definition) is 6. The van der Waals surface area contributed by atoms with Crippen LogP contribution in [0.4, 0.5) is 5.82 Å². The van der Waals surface area contributed by atoms with Gasteiger partial charge in [0.1, 0.15) is 5.82 Å². The first kappa shape index (κ1) is 15.8. The van der Waals surface area contributed by atoms with E-state index in [4.69, 9.17) is 0 Å². The van der Waals surface area contributed by atoms with Crippen LogP contribution in [0, 0.1) is 0 Å². The fraction of sp³-hybridized carbons (Fsp3) is 0.500. The minimum Gasteiger partial charge on any atom is -0.394 e. The smallest absolute Gasteiger partial charge is 0.160 e. The van der Waals surface area contributed by atoms with Gasteiger partial charge in [0, 0.05) is 38.0 Å². The van der Waals surface area contributed by atoms with Gasteiger partial charge in [0.05, 0.1) is 13.2 Å². The van der Waals surface area contributed by atoms with Gasteiger partial charge in [-0.2, -0.15) is 16.9 Å². The van der Waals surface area contributed by atoms with Crippen molar-refractivity contribution >= 4 is 17.6 Å². The summed E-state index contributed by atoms with van der Waals surface area (Å²) < 4.78 is 1.75. The Morgan fingerprint density at radius 1 is 1.33 bits per heavy atom. The van der Waals surface area contributed by atoms with Crippen molar-refractivity contribution in [3.05, 3.63) is 24.2 Å². The summed E-state index contributed by atoms with van der Waals surface area (Å²) in [5.74, 6) is 3.46. The van der Waals surface area contributed by atoms with Gasteiger partial charge >= 0.3 is 0 Å². The van der Waals surface area contributed by atoms with E-state index in [1.165, 1.54) is 0 Å². The van der Waals surface area contributed by atoms with E-state index in [0.29, 0.717) is 6.54 Å². The number of aliphatic hydroxyl groups excluding tert-OH is 1. The number of hydrogen-bond donors (Lipinski definition) is 1. The number of nitrogens with zero attached hydrogens (tertiary/aromatic N) is 5. The average Bonchev–Trinajstić information content (AvgIpc) is 2.88. The van der Waals surface area contributed by atoms with Gasteiger partial charge in [-0.25, -0.2) is 14.6 Å². The molecule has 7 heteroatoms.